The largest absolute Gasteiger partial charge is 0.449 e. The Morgan fingerprint density at radius 2 is 1.75 bits per heavy atom. The van der Waals surface area contributed by atoms with E-state index in [1.54, 1.807) is 0 Å². The highest BCUT2D eigenvalue weighted by molar-refractivity contribution is 5.79. The van der Waals surface area contributed by atoms with Gasteiger partial charge in [-0.05, 0) is 22.3 Å². The number of nitrogens with one attached hydrogen (secondary N) is 2. The van der Waals surface area contributed by atoms with Gasteiger partial charge >= 0.3 is 6.09 Å². The first kappa shape index (κ1) is 14.4. The molecule has 0 saturated heterocycles. The molecule has 120 valence electrons. The van der Waals surface area contributed by atoms with Gasteiger partial charge in [0.1, 0.15) is 6.61 Å². The molecule has 0 atom stereocenters. The zero-order chi connectivity index (χ0) is 16.4. The Hall–Kier alpha value is -3.22. The van der Waals surface area contributed by atoms with E-state index in [0.717, 1.165) is 0 Å². The van der Waals surface area contributed by atoms with Crippen molar-refractivity contribution >= 4 is 6.09 Å². The fraction of sp³-hybridized carbons (Fsp3) is 0.176. The van der Waals surface area contributed by atoms with Crippen LogP contribution in [0, 0.1) is 0 Å². The maximum absolute atomic E-state index is 11.9. The van der Waals surface area contributed by atoms with E-state index in [0.29, 0.717) is 5.82 Å². The topological polar surface area (TPSA) is 92.8 Å². The van der Waals surface area contributed by atoms with Crippen molar-refractivity contribution in [2.45, 2.75) is 12.5 Å². The third-order valence-corrected chi connectivity index (χ3v) is 4.12. The maximum atomic E-state index is 11.9. The van der Waals surface area contributed by atoms with E-state index < -0.39 is 6.09 Å². The van der Waals surface area contributed by atoms with E-state index in [1.165, 1.54) is 22.3 Å². The van der Waals surface area contributed by atoms with Gasteiger partial charge in [-0.25, -0.2) is 4.79 Å². The molecular weight excluding hydrogens is 306 g/mol. The number of aromatic amines is 1. The van der Waals surface area contributed by atoms with Crippen LogP contribution in [0.25, 0.3) is 11.1 Å². The van der Waals surface area contributed by atoms with Gasteiger partial charge in [0.15, 0.2) is 5.82 Å². The Morgan fingerprint density at radius 3 is 2.38 bits per heavy atom. The molecule has 0 saturated carbocycles. The van der Waals surface area contributed by atoms with Gasteiger partial charge in [-0.2, -0.15) is 5.21 Å². The number of hydrogen-bond donors (Lipinski definition) is 2. The number of alkyl carbamates (subject to hydrolysis) is 1. The number of fused-ring (bicyclic) bond motifs is 3. The minimum atomic E-state index is -0.498. The van der Waals surface area contributed by atoms with Crippen molar-refractivity contribution in [1.82, 2.24) is 25.9 Å². The molecule has 0 radical (unpaired) electrons. The quantitative estimate of drug-likeness (QED) is 0.769. The van der Waals surface area contributed by atoms with Gasteiger partial charge in [-0.15, -0.1) is 10.2 Å². The third-order valence-electron chi connectivity index (χ3n) is 4.12. The molecule has 3 aromatic rings. The van der Waals surface area contributed by atoms with Crippen LogP contribution >= 0.6 is 0 Å². The highest BCUT2D eigenvalue weighted by atomic mass is 16.5. The normalized spacial score (nSPS) is 12.5. The van der Waals surface area contributed by atoms with Crippen LogP contribution in [0.15, 0.2) is 48.5 Å². The summed E-state index contributed by atoms with van der Waals surface area (Å²) in [7, 11) is 0. The van der Waals surface area contributed by atoms with Crippen molar-refractivity contribution in [3.8, 4) is 11.1 Å². The predicted molar refractivity (Wildman–Crippen MR) is 86.1 cm³/mol. The lowest BCUT2D eigenvalue weighted by atomic mass is 9.98. The number of carbonyl (C=O) groups excluding carboxylic acids is 1. The summed E-state index contributed by atoms with van der Waals surface area (Å²) in [6.45, 7) is 0.458. The Labute approximate surface area is 138 Å². The molecule has 7 heteroatoms. The maximum Gasteiger partial charge on any atom is 0.407 e. The van der Waals surface area contributed by atoms with Crippen LogP contribution in [0.4, 0.5) is 4.79 Å². The van der Waals surface area contributed by atoms with Crippen LogP contribution < -0.4 is 5.32 Å². The molecular formula is C17H15N5O2. The van der Waals surface area contributed by atoms with E-state index >= 15 is 0 Å². The molecule has 0 fully saturated rings. The van der Waals surface area contributed by atoms with Gasteiger partial charge in [0, 0.05) is 5.92 Å². The Morgan fingerprint density at radius 1 is 1.08 bits per heavy atom. The van der Waals surface area contributed by atoms with E-state index in [1.807, 2.05) is 24.3 Å². The molecule has 1 heterocycles. The lowest BCUT2D eigenvalue weighted by Crippen LogP contribution is -2.26. The average Bonchev–Trinajstić information content (AvgIpc) is 3.25. The summed E-state index contributed by atoms with van der Waals surface area (Å²) in [5.41, 5.74) is 4.78. The molecule has 0 unspecified atom stereocenters. The SMILES string of the molecule is O=C(NCc1nn[nH]n1)OCC1c2ccccc2-c2ccccc21. The predicted octanol–water partition coefficient (Wildman–Crippen LogP) is 2.24. The van der Waals surface area contributed by atoms with Gasteiger partial charge in [0.2, 0.25) is 0 Å². The fourth-order valence-corrected chi connectivity index (χ4v) is 3.06. The molecule has 0 spiro atoms. The number of tetrazole rings is 1. The molecule has 1 aliphatic carbocycles. The number of carbonyl (C=O) groups is 1. The summed E-state index contributed by atoms with van der Waals surface area (Å²) in [6, 6.07) is 16.4. The lowest BCUT2D eigenvalue weighted by molar-refractivity contribution is 0.142. The first-order valence-corrected chi connectivity index (χ1v) is 7.64. The van der Waals surface area contributed by atoms with Crippen LogP contribution in [0.2, 0.25) is 0 Å². The number of nitrogens with zero attached hydrogens (tertiary/aromatic N) is 3. The highest BCUT2D eigenvalue weighted by Gasteiger charge is 2.28. The van der Waals surface area contributed by atoms with Crippen LogP contribution in [0.1, 0.15) is 22.9 Å². The fourth-order valence-electron chi connectivity index (χ4n) is 3.06. The Bertz CT molecular complexity index is 817. The summed E-state index contributed by atoms with van der Waals surface area (Å²) in [4.78, 5) is 11.9. The molecule has 4 rings (SSSR count). The zero-order valence-corrected chi connectivity index (χ0v) is 12.8. The van der Waals surface area contributed by atoms with Gasteiger partial charge < -0.3 is 10.1 Å². The van der Waals surface area contributed by atoms with E-state index in [4.69, 9.17) is 4.74 Å². The number of ether oxygens (including phenoxy) is 1. The highest BCUT2D eigenvalue weighted by Crippen LogP contribution is 2.44. The number of H-pyrrole nitrogens is 1. The van der Waals surface area contributed by atoms with Crippen molar-refractivity contribution in [2.24, 2.45) is 0 Å². The summed E-state index contributed by atoms with van der Waals surface area (Å²) < 4.78 is 5.40. The standard InChI is InChI=1S/C17H15N5O2/c23-17(18-9-16-19-21-22-20-16)24-10-15-13-7-3-1-5-11(13)12-6-2-4-8-14(12)15/h1-8,15H,9-10H2,(H,18,23)(H,19,20,21,22). The molecule has 1 amide bonds. The second-order valence-electron chi connectivity index (χ2n) is 5.51. The van der Waals surface area contributed by atoms with Crippen molar-refractivity contribution in [1.29, 1.82) is 0 Å². The van der Waals surface area contributed by atoms with Gasteiger partial charge in [-0.1, -0.05) is 53.7 Å². The number of amides is 1. The molecule has 1 aromatic heterocycles. The van der Waals surface area contributed by atoms with Gasteiger partial charge in [-0.3, -0.25) is 0 Å². The molecule has 1 aliphatic rings. The Balaban J connectivity index is 1.45. The summed E-state index contributed by atoms with van der Waals surface area (Å²) in [6.07, 6.45) is -0.498. The zero-order valence-electron chi connectivity index (χ0n) is 12.8. The molecule has 0 bridgehead atoms. The summed E-state index contributed by atoms with van der Waals surface area (Å²) >= 11 is 0. The molecule has 0 aliphatic heterocycles. The summed E-state index contributed by atoms with van der Waals surface area (Å²) in [5, 5.41) is 15.9. The molecule has 7 nitrogen and oxygen atoms in total. The van der Waals surface area contributed by atoms with Crippen molar-refractivity contribution in [3.63, 3.8) is 0 Å². The third kappa shape index (κ3) is 2.60. The van der Waals surface area contributed by atoms with Crippen LogP contribution in [0.3, 0.4) is 0 Å². The van der Waals surface area contributed by atoms with Crippen LogP contribution in [-0.2, 0) is 11.3 Å². The molecule has 2 N–H and O–H groups in total. The number of rotatable bonds is 4. The second kappa shape index (κ2) is 6.11. The monoisotopic (exact) mass is 321 g/mol. The van der Waals surface area contributed by atoms with Crippen LogP contribution in [-0.4, -0.2) is 33.3 Å². The van der Waals surface area contributed by atoms with Crippen LogP contribution in [0.5, 0.6) is 0 Å². The van der Waals surface area contributed by atoms with Crippen molar-refractivity contribution in [2.75, 3.05) is 6.61 Å². The minimum Gasteiger partial charge on any atom is -0.449 e. The second-order valence-corrected chi connectivity index (χ2v) is 5.51. The summed E-state index contributed by atoms with van der Waals surface area (Å²) in [5.74, 6) is 0.455. The van der Waals surface area contributed by atoms with Gasteiger partial charge in [0.25, 0.3) is 0 Å². The first-order valence-electron chi connectivity index (χ1n) is 7.64. The van der Waals surface area contributed by atoms with E-state index in [2.05, 4.69) is 50.2 Å². The van der Waals surface area contributed by atoms with Crippen molar-refractivity contribution in [3.05, 3.63) is 65.5 Å². The smallest absolute Gasteiger partial charge is 0.407 e. The number of aromatic nitrogens is 4. The van der Waals surface area contributed by atoms with E-state index in [9.17, 15) is 4.79 Å². The minimum absolute atomic E-state index is 0.0494. The Kier molecular flexibility index (Phi) is 3.66. The lowest BCUT2D eigenvalue weighted by Gasteiger charge is -2.14. The van der Waals surface area contributed by atoms with E-state index in [-0.39, 0.29) is 19.1 Å². The first-order chi connectivity index (χ1) is 11.8. The molecule has 24 heavy (non-hydrogen) atoms. The van der Waals surface area contributed by atoms with Crippen molar-refractivity contribution < 1.29 is 9.53 Å². The number of benzene rings is 2. The number of hydrogen-bond acceptors (Lipinski definition) is 5. The average molecular weight is 321 g/mol. The molecule has 2 aromatic carbocycles. The van der Waals surface area contributed by atoms with Gasteiger partial charge in [0.05, 0.1) is 6.54 Å².